The average molecular weight is 245 g/mol. The molecule has 1 aromatic rings. The van der Waals surface area contributed by atoms with Gasteiger partial charge in [0.05, 0.1) is 0 Å². The van der Waals surface area contributed by atoms with Crippen LogP contribution in [0.3, 0.4) is 0 Å². The largest absolute Gasteiger partial charge is 0.312 e. The molecule has 0 heterocycles. The molecule has 0 amide bonds. The van der Waals surface area contributed by atoms with Crippen molar-refractivity contribution in [3.05, 3.63) is 35.4 Å². The van der Waals surface area contributed by atoms with Crippen LogP contribution >= 0.6 is 0 Å². The van der Waals surface area contributed by atoms with Gasteiger partial charge in [0, 0.05) is 6.54 Å². The summed E-state index contributed by atoms with van der Waals surface area (Å²) in [6, 6.07) is 9.02. The van der Waals surface area contributed by atoms with E-state index in [4.69, 9.17) is 0 Å². The highest BCUT2D eigenvalue weighted by Gasteiger charge is 2.44. The molecule has 100 valence electrons. The first kappa shape index (κ1) is 13.6. The van der Waals surface area contributed by atoms with E-state index in [-0.39, 0.29) is 0 Å². The highest BCUT2D eigenvalue weighted by molar-refractivity contribution is 5.23. The zero-order chi connectivity index (χ0) is 13.2. The lowest BCUT2D eigenvalue weighted by Crippen LogP contribution is -2.18. The van der Waals surface area contributed by atoms with Crippen LogP contribution in [0.4, 0.5) is 0 Å². The third-order valence-electron chi connectivity index (χ3n) is 4.07. The molecule has 1 unspecified atom stereocenters. The van der Waals surface area contributed by atoms with Gasteiger partial charge in [0.25, 0.3) is 0 Å². The van der Waals surface area contributed by atoms with Crippen LogP contribution < -0.4 is 5.32 Å². The summed E-state index contributed by atoms with van der Waals surface area (Å²) in [5.41, 5.74) is 3.48. The summed E-state index contributed by atoms with van der Waals surface area (Å²) in [6.07, 6.45) is 2.57. The molecule has 0 aromatic heterocycles. The fraction of sp³-hybridized carbons (Fsp3) is 0.647. The van der Waals surface area contributed by atoms with Crippen molar-refractivity contribution in [2.75, 3.05) is 6.54 Å². The standard InChI is InChI=1S/C17H27N/c1-13(2)8-14-6-5-7-15(9-14)11-18-12-16-10-17(16,3)4/h5-7,9,13,16,18H,8,10-12H2,1-4H3. The summed E-state index contributed by atoms with van der Waals surface area (Å²) in [5, 5.41) is 3.60. The fourth-order valence-corrected chi connectivity index (χ4v) is 2.65. The molecule has 0 saturated heterocycles. The van der Waals surface area contributed by atoms with Crippen LogP contribution in [0.25, 0.3) is 0 Å². The SMILES string of the molecule is CC(C)Cc1cccc(CNCC2CC2(C)C)c1. The molecule has 1 N–H and O–H groups in total. The molecule has 1 aliphatic rings. The Hall–Kier alpha value is -0.820. The highest BCUT2D eigenvalue weighted by Crippen LogP contribution is 2.50. The van der Waals surface area contributed by atoms with Crippen LogP contribution in [0, 0.1) is 17.3 Å². The molecule has 0 spiro atoms. The Morgan fingerprint density at radius 3 is 2.56 bits per heavy atom. The van der Waals surface area contributed by atoms with E-state index in [2.05, 4.69) is 57.3 Å². The van der Waals surface area contributed by atoms with Crippen LogP contribution in [0.15, 0.2) is 24.3 Å². The Kier molecular flexibility index (Phi) is 4.11. The topological polar surface area (TPSA) is 12.0 Å². The van der Waals surface area contributed by atoms with Crippen molar-refractivity contribution >= 4 is 0 Å². The number of benzene rings is 1. The van der Waals surface area contributed by atoms with Crippen molar-refractivity contribution < 1.29 is 0 Å². The molecule has 0 bridgehead atoms. The average Bonchev–Trinajstić information content (AvgIpc) is 2.86. The van der Waals surface area contributed by atoms with Gasteiger partial charge >= 0.3 is 0 Å². The fourth-order valence-electron chi connectivity index (χ4n) is 2.65. The van der Waals surface area contributed by atoms with E-state index < -0.39 is 0 Å². The molecule has 1 aromatic carbocycles. The summed E-state index contributed by atoms with van der Waals surface area (Å²) >= 11 is 0. The summed E-state index contributed by atoms with van der Waals surface area (Å²) < 4.78 is 0. The maximum atomic E-state index is 3.60. The molecule has 2 rings (SSSR count). The van der Waals surface area contributed by atoms with Crippen molar-refractivity contribution in [2.45, 2.75) is 47.1 Å². The number of nitrogens with one attached hydrogen (secondary N) is 1. The van der Waals surface area contributed by atoms with E-state index in [0.29, 0.717) is 5.41 Å². The minimum atomic E-state index is 0.590. The third-order valence-corrected chi connectivity index (χ3v) is 4.07. The monoisotopic (exact) mass is 245 g/mol. The zero-order valence-corrected chi connectivity index (χ0v) is 12.3. The smallest absolute Gasteiger partial charge is 0.0205 e. The predicted octanol–water partition coefficient (Wildman–Crippen LogP) is 4.02. The summed E-state index contributed by atoms with van der Waals surface area (Å²) in [5.74, 6) is 1.62. The van der Waals surface area contributed by atoms with Crippen LogP contribution in [-0.2, 0) is 13.0 Å². The summed E-state index contributed by atoms with van der Waals surface area (Å²) in [6.45, 7) is 11.5. The van der Waals surface area contributed by atoms with Gasteiger partial charge in [0.1, 0.15) is 0 Å². The Balaban J connectivity index is 1.78. The zero-order valence-electron chi connectivity index (χ0n) is 12.3. The molecule has 1 nitrogen and oxygen atoms in total. The van der Waals surface area contributed by atoms with Gasteiger partial charge in [-0.15, -0.1) is 0 Å². The van der Waals surface area contributed by atoms with E-state index in [9.17, 15) is 0 Å². The molecule has 1 saturated carbocycles. The molecule has 1 fully saturated rings. The van der Waals surface area contributed by atoms with Crippen LogP contribution in [0.2, 0.25) is 0 Å². The van der Waals surface area contributed by atoms with Gasteiger partial charge in [0.15, 0.2) is 0 Å². The molecule has 0 aliphatic heterocycles. The maximum absolute atomic E-state index is 3.60. The lowest BCUT2D eigenvalue weighted by molar-refractivity contribution is 0.519. The van der Waals surface area contributed by atoms with Crippen LogP contribution in [0.5, 0.6) is 0 Å². The van der Waals surface area contributed by atoms with Crippen molar-refractivity contribution in [3.8, 4) is 0 Å². The Labute approximate surface area is 112 Å². The molecule has 18 heavy (non-hydrogen) atoms. The van der Waals surface area contributed by atoms with Crippen molar-refractivity contribution in [1.29, 1.82) is 0 Å². The lowest BCUT2D eigenvalue weighted by atomic mass is 10.0. The minimum Gasteiger partial charge on any atom is -0.312 e. The Morgan fingerprint density at radius 2 is 1.94 bits per heavy atom. The van der Waals surface area contributed by atoms with Crippen molar-refractivity contribution in [3.63, 3.8) is 0 Å². The quantitative estimate of drug-likeness (QED) is 0.798. The van der Waals surface area contributed by atoms with E-state index in [1.165, 1.54) is 30.5 Å². The second-order valence-electron chi connectivity index (χ2n) is 6.94. The van der Waals surface area contributed by atoms with E-state index in [0.717, 1.165) is 18.4 Å². The molecule has 1 aliphatic carbocycles. The van der Waals surface area contributed by atoms with Gasteiger partial charge in [-0.1, -0.05) is 52.0 Å². The maximum Gasteiger partial charge on any atom is 0.0205 e. The minimum absolute atomic E-state index is 0.590. The lowest BCUT2D eigenvalue weighted by Gasteiger charge is -2.09. The van der Waals surface area contributed by atoms with E-state index in [1.54, 1.807) is 0 Å². The normalized spacial score (nSPS) is 21.3. The van der Waals surface area contributed by atoms with Crippen molar-refractivity contribution in [2.24, 2.45) is 17.3 Å². The predicted molar refractivity (Wildman–Crippen MR) is 78.6 cm³/mol. The first-order valence-electron chi connectivity index (χ1n) is 7.26. The van der Waals surface area contributed by atoms with Crippen LogP contribution in [0.1, 0.15) is 45.2 Å². The summed E-state index contributed by atoms with van der Waals surface area (Å²) in [4.78, 5) is 0. The molecular weight excluding hydrogens is 218 g/mol. The second kappa shape index (κ2) is 5.44. The Morgan fingerprint density at radius 1 is 1.28 bits per heavy atom. The van der Waals surface area contributed by atoms with Gasteiger partial charge in [-0.3, -0.25) is 0 Å². The first-order valence-corrected chi connectivity index (χ1v) is 7.26. The van der Waals surface area contributed by atoms with Crippen molar-refractivity contribution in [1.82, 2.24) is 5.32 Å². The highest BCUT2D eigenvalue weighted by atomic mass is 14.9. The number of hydrogen-bond acceptors (Lipinski definition) is 1. The second-order valence-corrected chi connectivity index (χ2v) is 6.94. The first-order chi connectivity index (χ1) is 8.47. The van der Waals surface area contributed by atoms with Gasteiger partial charge in [-0.25, -0.2) is 0 Å². The summed E-state index contributed by atoms with van der Waals surface area (Å²) in [7, 11) is 0. The van der Waals surface area contributed by atoms with Gasteiger partial charge in [0.2, 0.25) is 0 Å². The third kappa shape index (κ3) is 3.84. The van der Waals surface area contributed by atoms with E-state index in [1.807, 2.05) is 0 Å². The molecule has 1 atom stereocenters. The van der Waals surface area contributed by atoms with Crippen LogP contribution in [-0.4, -0.2) is 6.54 Å². The number of hydrogen-bond donors (Lipinski definition) is 1. The molecular formula is C17H27N. The Bertz CT molecular complexity index is 392. The van der Waals surface area contributed by atoms with Gasteiger partial charge < -0.3 is 5.32 Å². The molecule has 1 heteroatoms. The van der Waals surface area contributed by atoms with Gasteiger partial charge in [-0.05, 0) is 47.8 Å². The van der Waals surface area contributed by atoms with E-state index >= 15 is 0 Å². The number of rotatable bonds is 6. The van der Waals surface area contributed by atoms with Gasteiger partial charge in [-0.2, -0.15) is 0 Å². The molecule has 0 radical (unpaired) electrons.